The van der Waals surface area contributed by atoms with Gasteiger partial charge in [-0.3, -0.25) is 10.1 Å². The number of aliphatic hydroxyl groups is 5. The van der Waals surface area contributed by atoms with Gasteiger partial charge in [-0.2, -0.15) is 0 Å². The van der Waals surface area contributed by atoms with Gasteiger partial charge in [-0.05, 0) is 12.1 Å². The van der Waals surface area contributed by atoms with E-state index in [1.54, 1.807) is 0 Å². The summed E-state index contributed by atoms with van der Waals surface area (Å²) in [6.45, 7) is -0.586. The van der Waals surface area contributed by atoms with Crippen molar-refractivity contribution in [1.29, 1.82) is 0 Å². The third-order valence-corrected chi connectivity index (χ3v) is 4.48. The maximum Gasteiger partial charge on any atom is 0.269 e. The molecule has 5 N–H and O–H groups in total. The van der Waals surface area contributed by atoms with Gasteiger partial charge in [-0.25, -0.2) is 0 Å². The van der Waals surface area contributed by atoms with Crippen molar-refractivity contribution < 1.29 is 49.4 Å². The van der Waals surface area contributed by atoms with Crippen molar-refractivity contribution in [3.8, 4) is 5.75 Å². The predicted molar refractivity (Wildman–Crippen MR) is 88.1 cm³/mol. The van der Waals surface area contributed by atoms with Crippen LogP contribution in [-0.2, 0) is 14.2 Å². The van der Waals surface area contributed by atoms with Crippen LogP contribution < -0.4 is 4.74 Å². The van der Waals surface area contributed by atoms with Gasteiger partial charge in [-0.15, -0.1) is 0 Å². The first kappa shape index (κ1) is 20.8. The summed E-state index contributed by atoms with van der Waals surface area (Å²) in [7, 11) is 0. The molecular weight excluding hydrogens is 382 g/mol. The Labute approximate surface area is 158 Å². The molecule has 2 aliphatic rings. The van der Waals surface area contributed by atoms with Crippen LogP contribution in [0.3, 0.4) is 0 Å². The highest BCUT2D eigenvalue weighted by Crippen LogP contribution is 2.27. The molecule has 3 rings (SSSR count). The highest BCUT2D eigenvalue weighted by Gasteiger charge is 2.46. The van der Waals surface area contributed by atoms with Crippen LogP contribution >= 0.6 is 0 Å². The van der Waals surface area contributed by atoms with Crippen LogP contribution in [0.5, 0.6) is 5.75 Å². The van der Waals surface area contributed by atoms with E-state index in [1.807, 2.05) is 0 Å². The molecule has 1 aromatic rings. The zero-order valence-electron chi connectivity index (χ0n) is 14.5. The van der Waals surface area contributed by atoms with Crippen LogP contribution in [0, 0.1) is 10.1 Å². The number of benzene rings is 1. The Bertz CT molecular complexity index is 671. The zero-order valence-corrected chi connectivity index (χ0v) is 14.5. The number of nitrogens with zero attached hydrogens (tertiary/aromatic N) is 1. The van der Waals surface area contributed by atoms with Gasteiger partial charge in [0.05, 0.1) is 18.1 Å². The molecule has 12 nitrogen and oxygen atoms in total. The van der Waals surface area contributed by atoms with Crippen molar-refractivity contribution in [3.05, 3.63) is 34.4 Å². The number of nitro groups is 1. The third-order valence-electron chi connectivity index (χ3n) is 4.48. The van der Waals surface area contributed by atoms with Gasteiger partial charge in [-0.1, -0.05) is 0 Å². The second-order valence-electron chi connectivity index (χ2n) is 6.48. The standard InChI is InChI=1S/C16H21NO11/c18-9-5-25-15(13(22)11(9)20)28-14-12(21)10(19)6-26-16(14)27-8-3-1-7(2-4-8)17(23)24/h1-4,9-16,18-22H,5-6H2/t9-,10-,11+,12+,13-,14-,15+,16+/m1/s1. The molecular formula is C16H21NO11. The van der Waals surface area contributed by atoms with Gasteiger partial charge in [0, 0.05) is 12.1 Å². The molecule has 0 unspecified atom stereocenters. The topological polar surface area (TPSA) is 181 Å². The minimum atomic E-state index is -1.62. The fourth-order valence-corrected chi connectivity index (χ4v) is 2.85. The van der Waals surface area contributed by atoms with Crippen LogP contribution in [0.15, 0.2) is 24.3 Å². The fourth-order valence-electron chi connectivity index (χ4n) is 2.85. The van der Waals surface area contributed by atoms with E-state index in [9.17, 15) is 35.6 Å². The summed E-state index contributed by atoms with van der Waals surface area (Å²) in [6.07, 6.45) is -11.2. The minimum absolute atomic E-state index is 0.147. The Hall–Kier alpha value is -1.90. The summed E-state index contributed by atoms with van der Waals surface area (Å²) < 4.78 is 21.5. The molecule has 2 aliphatic heterocycles. The molecule has 2 fully saturated rings. The van der Waals surface area contributed by atoms with Crippen molar-refractivity contribution in [2.45, 2.75) is 49.2 Å². The lowest BCUT2D eigenvalue weighted by atomic mass is 10.0. The molecule has 8 atom stereocenters. The number of nitro benzene ring substituents is 1. The van der Waals surface area contributed by atoms with Crippen LogP contribution in [0.25, 0.3) is 0 Å². The lowest BCUT2D eigenvalue weighted by molar-refractivity contribution is -0.384. The van der Waals surface area contributed by atoms with Crippen LogP contribution in [0.4, 0.5) is 5.69 Å². The average molecular weight is 403 g/mol. The molecule has 0 spiro atoms. The van der Waals surface area contributed by atoms with Crippen molar-refractivity contribution in [3.63, 3.8) is 0 Å². The number of rotatable bonds is 5. The summed E-state index contributed by atoms with van der Waals surface area (Å²) in [5.74, 6) is 0.174. The lowest BCUT2D eigenvalue weighted by Gasteiger charge is -2.42. The smallest absolute Gasteiger partial charge is 0.269 e. The maximum atomic E-state index is 10.7. The molecule has 1 aromatic carbocycles. The summed E-state index contributed by atoms with van der Waals surface area (Å²) in [5, 5.41) is 60.1. The van der Waals surface area contributed by atoms with Crippen molar-refractivity contribution in [1.82, 2.24) is 0 Å². The summed E-state index contributed by atoms with van der Waals surface area (Å²) >= 11 is 0. The summed E-state index contributed by atoms with van der Waals surface area (Å²) in [5.41, 5.74) is -0.147. The average Bonchev–Trinajstić information content (AvgIpc) is 2.68. The van der Waals surface area contributed by atoms with Gasteiger partial charge in [0.25, 0.3) is 5.69 Å². The molecule has 2 heterocycles. The van der Waals surface area contributed by atoms with Gasteiger partial charge in [0.2, 0.25) is 6.29 Å². The Morgan fingerprint density at radius 1 is 0.893 bits per heavy atom. The van der Waals surface area contributed by atoms with E-state index in [0.29, 0.717) is 0 Å². The first-order valence-corrected chi connectivity index (χ1v) is 8.48. The molecule has 0 saturated carbocycles. The normalized spacial score (nSPS) is 38.8. The number of hydrogen-bond donors (Lipinski definition) is 5. The van der Waals surface area contributed by atoms with Crippen LogP contribution in [-0.4, -0.2) is 92.9 Å². The van der Waals surface area contributed by atoms with Crippen molar-refractivity contribution >= 4 is 5.69 Å². The largest absolute Gasteiger partial charge is 0.462 e. The molecule has 156 valence electrons. The quantitative estimate of drug-likeness (QED) is 0.268. The Balaban J connectivity index is 1.72. The van der Waals surface area contributed by atoms with E-state index in [0.717, 1.165) is 0 Å². The lowest BCUT2D eigenvalue weighted by Crippen LogP contribution is -2.61. The molecule has 0 amide bonds. The molecule has 0 aliphatic carbocycles. The zero-order chi connectivity index (χ0) is 20.4. The first-order chi connectivity index (χ1) is 13.3. The summed E-state index contributed by atoms with van der Waals surface area (Å²) in [4.78, 5) is 10.1. The SMILES string of the molecule is O=[N+]([O-])c1ccc(O[C@@H]2OC[C@@H](O)[C@H](O)[C@H]2O[C@@H]2OC[C@@H](O)[C@H](O)[C@H]2O)cc1. The summed E-state index contributed by atoms with van der Waals surface area (Å²) in [6, 6.07) is 5.07. The van der Waals surface area contributed by atoms with Crippen molar-refractivity contribution in [2.24, 2.45) is 0 Å². The second kappa shape index (κ2) is 8.63. The van der Waals surface area contributed by atoms with Gasteiger partial charge in [0.15, 0.2) is 12.4 Å². The van der Waals surface area contributed by atoms with E-state index >= 15 is 0 Å². The minimum Gasteiger partial charge on any atom is -0.462 e. The second-order valence-corrected chi connectivity index (χ2v) is 6.48. The van der Waals surface area contributed by atoms with Crippen molar-refractivity contribution in [2.75, 3.05) is 13.2 Å². The Morgan fingerprint density at radius 2 is 1.46 bits per heavy atom. The first-order valence-electron chi connectivity index (χ1n) is 8.48. The van der Waals surface area contributed by atoms with E-state index in [4.69, 9.17) is 18.9 Å². The number of aliphatic hydroxyl groups excluding tert-OH is 5. The Morgan fingerprint density at radius 3 is 2.07 bits per heavy atom. The number of hydrogen-bond acceptors (Lipinski definition) is 11. The highest BCUT2D eigenvalue weighted by molar-refractivity contribution is 5.36. The molecule has 12 heteroatoms. The van der Waals surface area contributed by atoms with Crippen LogP contribution in [0.2, 0.25) is 0 Å². The molecule has 0 bridgehead atoms. The predicted octanol–water partition coefficient (Wildman–Crippen LogP) is -2.12. The van der Waals surface area contributed by atoms with E-state index < -0.39 is 54.1 Å². The number of non-ortho nitro benzene ring substituents is 1. The highest BCUT2D eigenvalue weighted by atomic mass is 16.7. The molecule has 0 aromatic heterocycles. The number of ether oxygens (including phenoxy) is 4. The molecule has 2 saturated heterocycles. The van der Waals surface area contributed by atoms with Gasteiger partial charge < -0.3 is 44.5 Å². The third kappa shape index (κ3) is 4.39. The van der Waals surface area contributed by atoms with E-state index in [2.05, 4.69) is 0 Å². The van der Waals surface area contributed by atoms with E-state index in [-0.39, 0.29) is 24.7 Å². The van der Waals surface area contributed by atoms with Crippen LogP contribution in [0.1, 0.15) is 0 Å². The molecule has 28 heavy (non-hydrogen) atoms. The van der Waals surface area contributed by atoms with Gasteiger partial charge >= 0.3 is 0 Å². The fraction of sp³-hybridized carbons (Fsp3) is 0.625. The monoisotopic (exact) mass is 403 g/mol. The molecule has 0 radical (unpaired) electrons. The van der Waals surface area contributed by atoms with Gasteiger partial charge in [0.1, 0.15) is 36.3 Å². The Kier molecular flexibility index (Phi) is 6.42. The maximum absolute atomic E-state index is 10.7. The van der Waals surface area contributed by atoms with E-state index in [1.165, 1.54) is 24.3 Å².